The van der Waals surface area contributed by atoms with Gasteiger partial charge >= 0.3 is 5.97 Å². The first kappa shape index (κ1) is 11.0. The number of halogens is 1. The standard InChI is InChI=1S/C8H12ClN3O2/c1-8(10,7(13)14-2)5-12-4-6(9)3-11-12/h3-4H,5,10H2,1-2H3. The van der Waals surface area contributed by atoms with E-state index in [0.717, 1.165) is 0 Å². The van der Waals surface area contributed by atoms with Crippen molar-refractivity contribution in [2.45, 2.75) is 19.0 Å². The van der Waals surface area contributed by atoms with Crippen LogP contribution in [0.4, 0.5) is 0 Å². The molecule has 1 atom stereocenters. The average Bonchev–Trinajstić information content (AvgIpc) is 2.48. The van der Waals surface area contributed by atoms with Crippen LogP contribution in [0.5, 0.6) is 0 Å². The number of methoxy groups -OCH3 is 1. The summed E-state index contributed by atoms with van der Waals surface area (Å²) >= 11 is 5.66. The largest absolute Gasteiger partial charge is 0.468 e. The van der Waals surface area contributed by atoms with Gasteiger partial charge in [-0.25, -0.2) is 0 Å². The second-order valence-corrected chi connectivity index (χ2v) is 3.70. The highest BCUT2D eigenvalue weighted by atomic mass is 35.5. The molecule has 1 aromatic rings. The number of rotatable bonds is 3. The van der Waals surface area contributed by atoms with Crippen molar-refractivity contribution in [1.29, 1.82) is 0 Å². The van der Waals surface area contributed by atoms with Crippen molar-refractivity contribution in [2.75, 3.05) is 7.11 Å². The Morgan fingerprint density at radius 1 is 1.86 bits per heavy atom. The van der Waals surface area contributed by atoms with Crippen LogP contribution in [-0.2, 0) is 16.1 Å². The molecule has 5 nitrogen and oxygen atoms in total. The molecule has 0 saturated carbocycles. The van der Waals surface area contributed by atoms with Gasteiger partial charge in [-0.2, -0.15) is 5.10 Å². The number of hydrogen-bond donors (Lipinski definition) is 1. The van der Waals surface area contributed by atoms with E-state index in [1.54, 1.807) is 13.1 Å². The number of carbonyl (C=O) groups is 1. The molecule has 0 fully saturated rings. The summed E-state index contributed by atoms with van der Waals surface area (Å²) in [5, 5.41) is 4.42. The minimum absolute atomic E-state index is 0.229. The van der Waals surface area contributed by atoms with Crippen molar-refractivity contribution in [3.05, 3.63) is 17.4 Å². The number of carbonyl (C=O) groups excluding carboxylic acids is 1. The Labute approximate surface area is 86.8 Å². The quantitative estimate of drug-likeness (QED) is 0.746. The monoisotopic (exact) mass is 217 g/mol. The van der Waals surface area contributed by atoms with Crippen LogP contribution in [0, 0.1) is 0 Å². The maximum atomic E-state index is 11.2. The summed E-state index contributed by atoms with van der Waals surface area (Å²) < 4.78 is 6.06. The van der Waals surface area contributed by atoms with Gasteiger partial charge in [0.15, 0.2) is 0 Å². The topological polar surface area (TPSA) is 70.1 Å². The Hall–Kier alpha value is -1.07. The average molecular weight is 218 g/mol. The van der Waals surface area contributed by atoms with E-state index in [9.17, 15) is 4.79 Å². The zero-order valence-electron chi connectivity index (χ0n) is 8.03. The van der Waals surface area contributed by atoms with Gasteiger partial charge in [-0.1, -0.05) is 11.6 Å². The van der Waals surface area contributed by atoms with Crippen LogP contribution in [0.25, 0.3) is 0 Å². The van der Waals surface area contributed by atoms with Gasteiger partial charge in [-0.15, -0.1) is 0 Å². The predicted molar refractivity (Wildman–Crippen MR) is 51.8 cm³/mol. The third kappa shape index (κ3) is 2.46. The highest BCUT2D eigenvalue weighted by Crippen LogP contribution is 2.09. The van der Waals surface area contributed by atoms with Crippen molar-refractivity contribution in [1.82, 2.24) is 9.78 Å². The number of nitrogens with zero attached hydrogens (tertiary/aromatic N) is 2. The van der Waals surface area contributed by atoms with Crippen LogP contribution < -0.4 is 5.73 Å². The fourth-order valence-corrected chi connectivity index (χ4v) is 1.22. The summed E-state index contributed by atoms with van der Waals surface area (Å²) in [7, 11) is 1.30. The highest BCUT2D eigenvalue weighted by molar-refractivity contribution is 6.30. The first-order chi connectivity index (χ1) is 6.45. The molecule has 0 amide bonds. The van der Waals surface area contributed by atoms with E-state index in [4.69, 9.17) is 17.3 Å². The maximum Gasteiger partial charge on any atom is 0.327 e. The van der Waals surface area contributed by atoms with E-state index < -0.39 is 11.5 Å². The zero-order valence-corrected chi connectivity index (χ0v) is 8.78. The molecule has 1 heterocycles. The fraction of sp³-hybridized carbons (Fsp3) is 0.500. The SMILES string of the molecule is COC(=O)C(C)(N)Cn1cc(Cl)cn1. The normalized spacial score (nSPS) is 14.9. The van der Waals surface area contributed by atoms with Crippen LogP contribution in [-0.4, -0.2) is 28.4 Å². The number of hydrogen-bond acceptors (Lipinski definition) is 4. The second kappa shape index (κ2) is 3.98. The summed E-state index contributed by atoms with van der Waals surface area (Å²) in [6.07, 6.45) is 3.07. The molecule has 0 aliphatic carbocycles. The second-order valence-electron chi connectivity index (χ2n) is 3.27. The molecule has 6 heteroatoms. The van der Waals surface area contributed by atoms with Crippen LogP contribution in [0.3, 0.4) is 0 Å². The number of nitrogens with two attached hydrogens (primary N) is 1. The molecule has 14 heavy (non-hydrogen) atoms. The zero-order chi connectivity index (χ0) is 10.8. The van der Waals surface area contributed by atoms with Crippen LogP contribution >= 0.6 is 11.6 Å². The number of esters is 1. The number of ether oxygens (including phenoxy) is 1. The predicted octanol–water partition coefficient (Wildman–Crippen LogP) is 0.427. The summed E-state index contributed by atoms with van der Waals surface area (Å²) in [4.78, 5) is 11.2. The van der Waals surface area contributed by atoms with Crippen molar-refractivity contribution in [2.24, 2.45) is 5.73 Å². The third-order valence-electron chi connectivity index (χ3n) is 1.74. The van der Waals surface area contributed by atoms with Crippen molar-refractivity contribution >= 4 is 17.6 Å². The summed E-state index contributed by atoms with van der Waals surface area (Å²) in [5.74, 6) is -0.482. The fourth-order valence-electron chi connectivity index (χ4n) is 1.06. The Morgan fingerprint density at radius 3 is 2.93 bits per heavy atom. The molecule has 0 spiro atoms. The van der Waals surface area contributed by atoms with Gasteiger partial charge in [-0.3, -0.25) is 9.48 Å². The lowest BCUT2D eigenvalue weighted by Crippen LogP contribution is -2.49. The minimum atomic E-state index is -1.09. The van der Waals surface area contributed by atoms with E-state index in [2.05, 4.69) is 9.84 Å². The molecule has 0 aliphatic heterocycles. The minimum Gasteiger partial charge on any atom is -0.468 e. The lowest BCUT2D eigenvalue weighted by molar-refractivity contribution is -0.147. The van der Waals surface area contributed by atoms with Crippen molar-refractivity contribution in [3.8, 4) is 0 Å². The highest BCUT2D eigenvalue weighted by Gasteiger charge is 2.30. The molecule has 0 saturated heterocycles. The first-order valence-corrected chi connectivity index (χ1v) is 4.39. The summed E-state index contributed by atoms with van der Waals surface area (Å²) in [5.41, 5.74) is 4.64. The number of aromatic nitrogens is 2. The summed E-state index contributed by atoms with van der Waals surface area (Å²) in [6.45, 7) is 1.81. The van der Waals surface area contributed by atoms with Gasteiger partial charge in [-0.05, 0) is 6.92 Å². The Morgan fingerprint density at radius 2 is 2.50 bits per heavy atom. The lowest BCUT2D eigenvalue weighted by Gasteiger charge is -2.20. The molecule has 0 aliphatic rings. The smallest absolute Gasteiger partial charge is 0.327 e. The first-order valence-electron chi connectivity index (χ1n) is 4.01. The van der Waals surface area contributed by atoms with E-state index in [1.807, 2.05) is 0 Å². The lowest BCUT2D eigenvalue weighted by atomic mass is 10.1. The van der Waals surface area contributed by atoms with E-state index in [1.165, 1.54) is 18.0 Å². The Balaban J connectivity index is 2.72. The third-order valence-corrected chi connectivity index (χ3v) is 1.94. The van der Waals surface area contributed by atoms with Gasteiger partial charge in [0.05, 0.1) is 24.9 Å². The maximum absolute atomic E-state index is 11.2. The molecular formula is C8H12ClN3O2. The molecular weight excluding hydrogens is 206 g/mol. The van der Waals surface area contributed by atoms with E-state index in [0.29, 0.717) is 5.02 Å². The van der Waals surface area contributed by atoms with Gasteiger partial charge in [0.1, 0.15) is 5.54 Å². The Kier molecular flexibility index (Phi) is 3.13. The molecule has 78 valence electrons. The van der Waals surface area contributed by atoms with E-state index in [-0.39, 0.29) is 6.54 Å². The van der Waals surface area contributed by atoms with Crippen molar-refractivity contribution in [3.63, 3.8) is 0 Å². The molecule has 0 radical (unpaired) electrons. The van der Waals surface area contributed by atoms with Crippen molar-refractivity contribution < 1.29 is 9.53 Å². The molecule has 1 aromatic heterocycles. The van der Waals surface area contributed by atoms with Gasteiger partial charge < -0.3 is 10.5 Å². The molecule has 1 rings (SSSR count). The van der Waals surface area contributed by atoms with Crippen LogP contribution in [0.1, 0.15) is 6.92 Å². The van der Waals surface area contributed by atoms with Gasteiger partial charge in [0.2, 0.25) is 0 Å². The molecule has 0 aromatic carbocycles. The van der Waals surface area contributed by atoms with Crippen LogP contribution in [0.15, 0.2) is 12.4 Å². The molecule has 0 bridgehead atoms. The summed E-state index contributed by atoms with van der Waals surface area (Å²) in [6, 6.07) is 0. The molecule has 1 unspecified atom stereocenters. The van der Waals surface area contributed by atoms with Crippen LogP contribution in [0.2, 0.25) is 5.02 Å². The molecule has 2 N–H and O–H groups in total. The Bertz CT molecular complexity index is 335. The van der Waals surface area contributed by atoms with Gasteiger partial charge in [0.25, 0.3) is 0 Å². The van der Waals surface area contributed by atoms with Gasteiger partial charge in [0, 0.05) is 6.20 Å². The van der Waals surface area contributed by atoms with E-state index >= 15 is 0 Å².